The lowest BCUT2D eigenvalue weighted by atomic mass is 9.84. The second kappa shape index (κ2) is 9.20. The number of hydrogen-bond donors (Lipinski definition) is 1. The Kier molecular flexibility index (Phi) is 5.71. The summed E-state index contributed by atoms with van der Waals surface area (Å²) >= 11 is 0. The van der Waals surface area contributed by atoms with E-state index >= 15 is 0 Å². The Morgan fingerprint density at radius 1 is 0.946 bits per heavy atom. The van der Waals surface area contributed by atoms with Crippen LogP contribution in [0.3, 0.4) is 0 Å². The van der Waals surface area contributed by atoms with Crippen molar-refractivity contribution in [1.82, 2.24) is 14.8 Å². The van der Waals surface area contributed by atoms with Gasteiger partial charge in [0.25, 0.3) is 0 Å². The average molecular weight is 497 g/mol. The van der Waals surface area contributed by atoms with Crippen LogP contribution in [0.15, 0.2) is 72.6 Å². The number of fused-ring (bicyclic) bond motifs is 3. The summed E-state index contributed by atoms with van der Waals surface area (Å²) in [6, 6.07) is 20.0. The highest BCUT2D eigenvalue weighted by atomic mass is 16.5. The number of ether oxygens (including phenoxy) is 4. The molecule has 0 saturated heterocycles. The Morgan fingerprint density at radius 3 is 2.51 bits per heavy atom. The summed E-state index contributed by atoms with van der Waals surface area (Å²) in [6.45, 7) is 4.59. The van der Waals surface area contributed by atoms with Gasteiger partial charge in [-0.2, -0.15) is 10.1 Å². The molecule has 0 radical (unpaired) electrons. The number of aryl methyl sites for hydroxylation is 1. The fourth-order valence-corrected chi connectivity index (χ4v) is 5.09. The molecule has 6 rings (SSSR count). The van der Waals surface area contributed by atoms with E-state index in [2.05, 4.69) is 46.6 Å². The number of methoxy groups -OCH3 is 2. The van der Waals surface area contributed by atoms with Crippen LogP contribution in [0.25, 0.3) is 5.70 Å². The van der Waals surface area contributed by atoms with E-state index in [-0.39, 0.29) is 6.04 Å². The third-order valence-corrected chi connectivity index (χ3v) is 6.79. The van der Waals surface area contributed by atoms with Crippen molar-refractivity contribution in [3.63, 3.8) is 0 Å². The van der Waals surface area contributed by atoms with Crippen molar-refractivity contribution < 1.29 is 18.9 Å². The highest BCUT2D eigenvalue weighted by Crippen LogP contribution is 2.51. The SMILES string of the molecule is CCOc1ccc([C@H]2Oc3ccc(C)cc3C3=C2[C@H](c2ccc(OC)cc2)n2ncnc2N3)cc1OC. The van der Waals surface area contributed by atoms with Crippen molar-refractivity contribution >= 4 is 11.6 Å². The number of hydrogen-bond acceptors (Lipinski definition) is 7. The molecular formula is C29H28N4O4. The van der Waals surface area contributed by atoms with Crippen LogP contribution in [0.5, 0.6) is 23.0 Å². The summed E-state index contributed by atoms with van der Waals surface area (Å²) in [4.78, 5) is 4.51. The minimum Gasteiger partial charge on any atom is -0.497 e. The van der Waals surface area contributed by atoms with E-state index in [4.69, 9.17) is 18.9 Å². The standard InChI is InChI=1S/C29H28N4O4/c1-5-36-23-13-9-19(15-24(23)35-4)28-25-26(21-14-17(2)6-12-22(21)37-28)32-29-30-16-31-33(29)27(25)18-7-10-20(34-3)11-8-18/h6-16,27-28H,5H2,1-4H3,(H,30,31,32)/t27-,28+/m0/s1. The molecule has 8 heteroatoms. The van der Waals surface area contributed by atoms with Crippen molar-refractivity contribution in [1.29, 1.82) is 0 Å². The molecule has 0 amide bonds. The minimum atomic E-state index is -0.410. The molecule has 1 aromatic heterocycles. The second-order valence-corrected chi connectivity index (χ2v) is 9.00. The van der Waals surface area contributed by atoms with E-state index in [1.54, 1.807) is 20.5 Å². The maximum Gasteiger partial charge on any atom is 0.226 e. The highest BCUT2D eigenvalue weighted by molar-refractivity contribution is 5.85. The van der Waals surface area contributed by atoms with Crippen molar-refractivity contribution in [2.45, 2.75) is 26.0 Å². The summed E-state index contributed by atoms with van der Waals surface area (Å²) in [6.07, 6.45) is 1.16. The van der Waals surface area contributed by atoms with Crippen molar-refractivity contribution in [3.05, 3.63) is 94.8 Å². The number of nitrogens with one attached hydrogen (secondary N) is 1. The third-order valence-electron chi connectivity index (χ3n) is 6.79. The van der Waals surface area contributed by atoms with Crippen LogP contribution in [-0.2, 0) is 0 Å². The fourth-order valence-electron chi connectivity index (χ4n) is 5.09. The van der Waals surface area contributed by atoms with Gasteiger partial charge in [0.15, 0.2) is 11.5 Å². The van der Waals surface area contributed by atoms with Crippen LogP contribution in [0.1, 0.15) is 41.3 Å². The lowest BCUT2D eigenvalue weighted by molar-refractivity contribution is 0.222. The molecule has 2 aliphatic rings. The Labute approximate surface area is 215 Å². The van der Waals surface area contributed by atoms with E-state index in [1.165, 1.54) is 0 Å². The average Bonchev–Trinajstić information content (AvgIpc) is 3.40. The summed E-state index contributed by atoms with van der Waals surface area (Å²) in [5.41, 5.74) is 6.14. The molecule has 37 heavy (non-hydrogen) atoms. The molecule has 2 atom stereocenters. The molecule has 0 saturated carbocycles. The zero-order chi connectivity index (χ0) is 25.5. The van der Waals surface area contributed by atoms with Crippen LogP contribution >= 0.6 is 0 Å². The van der Waals surface area contributed by atoms with Gasteiger partial charge in [-0.1, -0.05) is 29.8 Å². The van der Waals surface area contributed by atoms with Gasteiger partial charge in [0.1, 0.15) is 30.0 Å². The van der Waals surface area contributed by atoms with Gasteiger partial charge in [-0.3, -0.25) is 0 Å². The van der Waals surface area contributed by atoms with Crippen LogP contribution in [-0.4, -0.2) is 35.6 Å². The Morgan fingerprint density at radius 2 is 1.76 bits per heavy atom. The zero-order valence-corrected chi connectivity index (χ0v) is 21.2. The molecule has 188 valence electrons. The van der Waals surface area contributed by atoms with E-state index in [0.717, 1.165) is 45.0 Å². The zero-order valence-electron chi connectivity index (χ0n) is 21.2. The van der Waals surface area contributed by atoms with Gasteiger partial charge in [0, 0.05) is 16.7 Å². The summed E-state index contributed by atoms with van der Waals surface area (Å²) in [5, 5.41) is 8.15. The first kappa shape index (κ1) is 23.0. The van der Waals surface area contributed by atoms with Crippen LogP contribution in [0.4, 0.5) is 5.95 Å². The van der Waals surface area contributed by atoms with Crippen molar-refractivity contribution in [2.75, 3.05) is 26.1 Å². The normalized spacial score (nSPS) is 17.6. The van der Waals surface area contributed by atoms with Gasteiger partial charge >= 0.3 is 0 Å². The Bertz CT molecular complexity index is 1490. The first-order valence-electron chi connectivity index (χ1n) is 12.2. The number of nitrogens with zero attached hydrogens (tertiary/aromatic N) is 3. The smallest absolute Gasteiger partial charge is 0.226 e. The summed E-state index contributed by atoms with van der Waals surface area (Å²) in [7, 11) is 3.31. The Hall–Kier alpha value is -4.46. The van der Waals surface area contributed by atoms with Crippen LogP contribution < -0.4 is 24.3 Å². The first-order chi connectivity index (χ1) is 18.1. The quantitative estimate of drug-likeness (QED) is 0.374. The summed E-state index contributed by atoms with van der Waals surface area (Å²) < 4.78 is 25.5. The lowest BCUT2D eigenvalue weighted by Crippen LogP contribution is -2.32. The predicted octanol–water partition coefficient (Wildman–Crippen LogP) is 5.56. The number of rotatable bonds is 6. The van der Waals surface area contributed by atoms with Gasteiger partial charge in [0.2, 0.25) is 5.95 Å². The molecule has 0 bridgehead atoms. The van der Waals surface area contributed by atoms with Crippen LogP contribution in [0.2, 0.25) is 0 Å². The van der Waals surface area contributed by atoms with Gasteiger partial charge in [-0.15, -0.1) is 0 Å². The van der Waals surface area contributed by atoms with Crippen molar-refractivity contribution in [3.8, 4) is 23.0 Å². The molecule has 0 fully saturated rings. The van der Waals surface area contributed by atoms with Gasteiger partial charge < -0.3 is 24.3 Å². The lowest BCUT2D eigenvalue weighted by Gasteiger charge is -2.39. The van der Waals surface area contributed by atoms with Gasteiger partial charge in [-0.05, 0) is 55.8 Å². The fraction of sp³-hybridized carbons (Fsp3) is 0.241. The molecule has 1 N–H and O–H groups in total. The number of aromatic nitrogens is 3. The molecule has 0 spiro atoms. The molecule has 0 unspecified atom stereocenters. The van der Waals surface area contributed by atoms with Crippen LogP contribution in [0, 0.1) is 6.92 Å². The molecule has 8 nitrogen and oxygen atoms in total. The van der Waals surface area contributed by atoms with E-state index < -0.39 is 6.10 Å². The predicted molar refractivity (Wildman–Crippen MR) is 140 cm³/mol. The molecular weight excluding hydrogens is 468 g/mol. The monoisotopic (exact) mass is 496 g/mol. The maximum atomic E-state index is 6.75. The van der Waals surface area contributed by atoms with E-state index in [9.17, 15) is 0 Å². The molecule has 2 aliphatic heterocycles. The maximum absolute atomic E-state index is 6.75. The van der Waals surface area contributed by atoms with Gasteiger partial charge in [-0.25, -0.2) is 4.68 Å². The third kappa shape index (κ3) is 3.85. The largest absolute Gasteiger partial charge is 0.497 e. The topological polar surface area (TPSA) is 79.7 Å². The molecule has 3 heterocycles. The molecule has 0 aliphatic carbocycles. The van der Waals surface area contributed by atoms with Gasteiger partial charge in [0.05, 0.1) is 26.5 Å². The second-order valence-electron chi connectivity index (χ2n) is 9.00. The summed E-state index contributed by atoms with van der Waals surface area (Å²) in [5.74, 6) is 3.63. The minimum absolute atomic E-state index is 0.254. The molecule has 4 aromatic rings. The van der Waals surface area contributed by atoms with Crippen molar-refractivity contribution in [2.24, 2.45) is 0 Å². The molecule has 3 aromatic carbocycles. The Balaban J connectivity index is 1.58. The van der Waals surface area contributed by atoms with E-state index in [1.807, 2.05) is 48.0 Å². The number of benzene rings is 3. The number of anilines is 1. The highest BCUT2D eigenvalue weighted by Gasteiger charge is 2.41. The van der Waals surface area contributed by atoms with E-state index in [0.29, 0.717) is 24.1 Å². The first-order valence-corrected chi connectivity index (χ1v) is 12.2.